The molecular formula is C24H31N3O6S. The van der Waals surface area contributed by atoms with Crippen molar-refractivity contribution in [3.63, 3.8) is 0 Å². The van der Waals surface area contributed by atoms with Gasteiger partial charge >= 0.3 is 0 Å². The Hall–Kier alpha value is -3.11. The average Bonchev–Trinajstić information content (AvgIpc) is 3.24. The van der Waals surface area contributed by atoms with Crippen molar-refractivity contribution in [2.45, 2.75) is 44.6 Å². The summed E-state index contributed by atoms with van der Waals surface area (Å²) in [6.07, 6.45) is 0.960. The minimum atomic E-state index is -4.00. The van der Waals surface area contributed by atoms with E-state index >= 15 is 0 Å². The Balaban J connectivity index is 1.81. The molecule has 0 fully saturated rings. The topological polar surface area (TPSA) is 114 Å². The standard InChI is InChI=1S/C24H31N3O6S/c1-6-22(28)27-10-9-16-11-20(7-8-21(16)27)34(30,31)26-23(15(2)3)24(29)25-17-12-18(32-4)14-19(13-17)33-5/h7-8,11-15,23,26H,6,9-10H2,1-5H3,(H,25,29)/t23-/m0/s1. The van der Waals surface area contributed by atoms with Crippen molar-refractivity contribution >= 4 is 33.2 Å². The number of ether oxygens (including phenoxy) is 2. The molecule has 0 aliphatic carbocycles. The molecule has 2 aromatic carbocycles. The van der Waals surface area contributed by atoms with Gasteiger partial charge in [0.05, 0.1) is 19.1 Å². The Morgan fingerprint density at radius 2 is 1.71 bits per heavy atom. The average molecular weight is 490 g/mol. The zero-order chi connectivity index (χ0) is 25.0. The molecule has 2 amide bonds. The van der Waals surface area contributed by atoms with Crippen molar-refractivity contribution in [1.82, 2.24) is 4.72 Å². The fourth-order valence-corrected chi connectivity index (χ4v) is 5.22. The number of fused-ring (bicyclic) bond motifs is 1. The maximum absolute atomic E-state index is 13.2. The van der Waals surface area contributed by atoms with Crippen LogP contribution in [0.2, 0.25) is 0 Å². The Morgan fingerprint density at radius 1 is 1.06 bits per heavy atom. The molecule has 1 aliphatic rings. The zero-order valence-corrected chi connectivity index (χ0v) is 20.9. The smallest absolute Gasteiger partial charge is 0.242 e. The molecule has 0 radical (unpaired) electrons. The highest BCUT2D eigenvalue weighted by molar-refractivity contribution is 7.89. The Labute approximate surface area is 200 Å². The van der Waals surface area contributed by atoms with Crippen LogP contribution in [0.5, 0.6) is 11.5 Å². The number of methoxy groups -OCH3 is 2. The van der Waals surface area contributed by atoms with E-state index in [9.17, 15) is 18.0 Å². The number of nitrogens with zero attached hydrogens (tertiary/aromatic N) is 1. The molecule has 10 heteroatoms. The highest BCUT2D eigenvalue weighted by Gasteiger charge is 2.30. The van der Waals surface area contributed by atoms with Crippen molar-refractivity contribution in [2.24, 2.45) is 5.92 Å². The number of carbonyl (C=O) groups excluding carboxylic acids is 2. The van der Waals surface area contributed by atoms with Gasteiger partial charge in [-0.1, -0.05) is 20.8 Å². The minimum Gasteiger partial charge on any atom is -0.497 e. The molecule has 2 aromatic rings. The fourth-order valence-electron chi connectivity index (χ4n) is 3.82. The summed E-state index contributed by atoms with van der Waals surface area (Å²) < 4.78 is 39.3. The summed E-state index contributed by atoms with van der Waals surface area (Å²) in [5.74, 6) is 0.150. The van der Waals surface area contributed by atoms with Gasteiger partial charge in [-0.15, -0.1) is 0 Å². The van der Waals surface area contributed by atoms with E-state index in [0.29, 0.717) is 36.6 Å². The summed E-state index contributed by atoms with van der Waals surface area (Å²) in [7, 11) is -0.997. The van der Waals surface area contributed by atoms with E-state index in [2.05, 4.69) is 10.0 Å². The van der Waals surface area contributed by atoms with Crippen molar-refractivity contribution < 1.29 is 27.5 Å². The first-order chi connectivity index (χ1) is 16.1. The summed E-state index contributed by atoms with van der Waals surface area (Å²) in [6.45, 7) is 5.84. The molecule has 0 spiro atoms. The van der Waals surface area contributed by atoms with E-state index in [1.807, 2.05) is 0 Å². The third-order valence-corrected chi connectivity index (χ3v) is 7.15. The van der Waals surface area contributed by atoms with Crippen molar-refractivity contribution in [2.75, 3.05) is 31.0 Å². The van der Waals surface area contributed by atoms with Crippen molar-refractivity contribution in [3.05, 3.63) is 42.0 Å². The number of sulfonamides is 1. The molecule has 0 saturated carbocycles. The van der Waals surface area contributed by atoms with Crippen LogP contribution in [0.1, 0.15) is 32.8 Å². The SMILES string of the molecule is CCC(=O)N1CCc2cc(S(=O)(=O)N[C@H](C(=O)Nc3cc(OC)cc(OC)c3)C(C)C)ccc21. The number of amides is 2. The monoisotopic (exact) mass is 489 g/mol. The summed E-state index contributed by atoms with van der Waals surface area (Å²) in [5.41, 5.74) is 1.94. The highest BCUT2D eigenvalue weighted by atomic mass is 32.2. The molecule has 0 saturated heterocycles. The summed E-state index contributed by atoms with van der Waals surface area (Å²) in [5, 5.41) is 2.74. The summed E-state index contributed by atoms with van der Waals surface area (Å²) >= 11 is 0. The predicted molar refractivity (Wildman–Crippen MR) is 130 cm³/mol. The molecule has 9 nitrogen and oxygen atoms in total. The van der Waals surface area contributed by atoms with Crippen LogP contribution in [0.15, 0.2) is 41.3 Å². The number of benzene rings is 2. The van der Waals surface area contributed by atoms with E-state index in [1.54, 1.807) is 56.0 Å². The van der Waals surface area contributed by atoms with Gasteiger partial charge in [-0.2, -0.15) is 4.72 Å². The predicted octanol–water partition coefficient (Wildman–Crippen LogP) is 2.94. The Morgan fingerprint density at radius 3 is 2.26 bits per heavy atom. The third-order valence-electron chi connectivity index (χ3n) is 5.71. The molecule has 2 N–H and O–H groups in total. The lowest BCUT2D eigenvalue weighted by atomic mass is 10.0. The summed E-state index contributed by atoms with van der Waals surface area (Å²) in [6, 6.07) is 8.58. The normalized spacial score (nSPS) is 14.0. The van der Waals surface area contributed by atoms with Crippen LogP contribution < -0.4 is 24.4 Å². The minimum absolute atomic E-state index is 0.00167. The van der Waals surface area contributed by atoms with Gasteiger partial charge < -0.3 is 19.7 Å². The van der Waals surface area contributed by atoms with Gasteiger partial charge in [-0.3, -0.25) is 9.59 Å². The van der Waals surface area contributed by atoms with Crippen LogP contribution in [0, 0.1) is 5.92 Å². The van der Waals surface area contributed by atoms with Crippen LogP contribution in [-0.4, -0.2) is 47.0 Å². The first-order valence-electron chi connectivity index (χ1n) is 11.1. The van der Waals surface area contributed by atoms with Gasteiger partial charge in [-0.05, 0) is 36.1 Å². The lowest BCUT2D eigenvalue weighted by Gasteiger charge is -2.22. The van der Waals surface area contributed by atoms with Gasteiger partial charge in [0.25, 0.3) is 0 Å². The van der Waals surface area contributed by atoms with Gasteiger partial charge in [0, 0.05) is 42.5 Å². The molecule has 0 aromatic heterocycles. The van der Waals surface area contributed by atoms with Crippen molar-refractivity contribution in [3.8, 4) is 11.5 Å². The lowest BCUT2D eigenvalue weighted by Crippen LogP contribution is -2.47. The van der Waals surface area contributed by atoms with Crippen LogP contribution in [0.3, 0.4) is 0 Å². The second kappa shape index (κ2) is 10.4. The quantitative estimate of drug-likeness (QED) is 0.560. The van der Waals surface area contributed by atoms with Crippen LogP contribution in [0.4, 0.5) is 11.4 Å². The molecular weight excluding hydrogens is 458 g/mol. The highest BCUT2D eigenvalue weighted by Crippen LogP contribution is 2.31. The number of anilines is 2. The van der Waals surface area contributed by atoms with Crippen molar-refractivity contribution in [1.29, 1.82) is 0 Å². The van der Waals surface area contributed by atoms with Crippen LogP contribution >= 0.6 is 0 Å². The molecule has 34 heavy (non-hydrogen) atoms. The van der Waals surface area contributed by atoms with E-state index in [1.165, 1.54) is 20.3 Å². The van der Waals surface area contributed by atoms with Gasteiger partial charge in [0.15, 0.2) is 0 Å². The fraction of sp³-hybridized carbons (Fsp3) is 0.417. The molecule has 0 unspecified atom stereocenters. The zero-order valence-electron chi connectivity index (χ0n) is 20.0. The maximum atomic E-state index is 13.2. The molecule has 1 heterocycles. The Kier molecular flexibility index (Phi) is 7.83. The Bertz CT molecular complexity index is 1160. The molecule has 3 rings (SSSR count). The van der Waals surface area contributed by atoms with Gasteiger partial charge in [0.2, 0.25) is 21.8 Å². The van der Waals surface area contributed by atoms with E-state index in [0.717, 1.165) is 11.3 Å². The number of nitrogens with one attached hydrogen (secondary N) is 2. The van der Waals surface area contributed by atoms with Crippen LogP contribution in [0.25, 0.3) is 0 Å². The summed E-state index contributed by atoms with van der Waals surface area (Å²) in [4.78, 5) is 26.9. The number of carbonyl (C=O) groups is 2. The molecule has 184 valence electrons. The molecule has 1 atom stereocenters. The van der Waals surface area contributed by atoms with E-state index < -0.39 is 22.0 Å². The second-order valence-corrected chi connectivity index (χ2v) is 10.1. The maximum Gasteiger partial charge on any atom is 0.242 e. The van der Waals surface area contributed by atoms with Crippen LogP contribution in [-0.2, 0) is 26.0 Å². The number of hydrogen-bond acceptors (Lipinski definition) is 6. The molecule has 1 aliphatic heterocycles. The number of hydrogen-bond donors (Lipinski definition) is 2. The number of rotatable bonds is 9. The lowest BCUT2D eigenvalue weighted by molar-refractivity contribution is -0.119. The third kappa shape index (κ3) is 5.51. The largest absolute Gasteiger partial charge is 0.497 e. The van der Waals surface area contributed by atoms with E-state index in [4.69, 9.17) is 9.47 Å². The molecule has 0 bridgehead atoms. The first-order valence-corrected chi connectivity index (χ1v) is 12.6. The van der Waals surface area contributed by atoms with E-state index in [-0.39, 0.29) is 16.7 Å². The van der Waals surface area contributed by atoms with Gasteiger partial charge in [-0.25, -0.2) is 8.42 Å². The van der Waals surface area contributed by atoms with Gasteiger partial charge in [0.1, 0.15) is 17.5 Å². The second-order valence-electron chi connectivity index (χ2n) is 8.37. The first kappa shape index (κ1) is 25.5.